The van der Waals surface area contributed by atoms with Gasteiger partial charge < -0.3 is 4.90 Å². The van der Waals surface area contributed by atoms with E-state index in [0.717, 1.165) is 44.3 Å². The summed E-state index contributed by atoms with van der Waals surface area (Å²) in [6.07, 6.45) is 7.77. The SMILES string of the molecule is O=C(C1CC1)N1CCC[C@H](Cn2nnc(-c3cccnc3)n2)C1. The lowest BCUT2D eigenvalue weighted by Crippen LogP contribution is -2.42. The van der Waals surface area contributed by atoms with Crippen molar-refractivity contribution < 1.29 is 4.79 Å². The summed E-state index contributed by atoms with van der Waals surface area (Å²) in [5, 5.41) is 12.7. The van der Waals surface area contributed by atoms with Crippen molar-refractivity contribution in [3.63, 3.8) is 0 Å². The lowest BCUT2D eigenvalue weighted by molar-refractivity contribution is -0.134. The Bertz CT molecular complexity index is 681. The Morgan fingerprint density at radius 2 is 2.22 bits per heavy atom. The molecule has 0 radical (unpaired) electrons. The van der Waals surface area contributed by atoms with Gasteiger partial charge >= 0.3 is 0 Å². The second-order valence-corrected chi connectivity index (χ2v) is 6.48. The highest BCUT2D eigenvalue weighted by Gasteiger charge is 2.35. The molecule has 0 aromatic carbocycles. The number of likely N-dealkylation sites (tertiary alicyclic amines) is 1. The van der Waals surface area contributed by atoms with E-state index in [4.69, 9.17) is 0 Å². The highest BCUT2D eigenvalue weighted by molar-refractivity contribution is 5.81. The standard InChI is InChI=1S/C16H20N6O/c23-16(13-5-6-13)21-8-2-3-12(10-21)11-22-19-15(18-20-22)14-4-1-7-17-9-14/h1,4,7,9,12-13H,2-3,5-6,8,10-11H2/t12-/m0/s1. The largest absolute Gasteiger partial charge is 0.342 e. The van der Waals surface area contributed by atoms with E-state index in [1.165, 1.54) is 0 Å². The molecule has 2 fully saturated rings. The summed E-state index contributed by atoms with van der Waals surface area (Å²) in [4.78, 5) is 20.0. The van der Waals surface area contributed by atoms with Gasteiger partial charge in [0.05, 0.1) is 6.54 Å². The number of hydrogen-bond donors (Lipinski definition) is 0. The van der Waals surface area contributed by atoms with Crippen LogP contribution in [0.15, 0.2) is 24.5 Å². The van der Waals surface area contributed by atoms with Crippen LogP contribution in [-0.4, -0.2) is 49.1 Å². The van der Waals surface area contributed by atoms with Crippen LogP contribution in [0.2, 0.25) is 0 Å². The molecule has 7 nitrogen and oxygen atoms in total. The van der Waals surface area contributed by atoms with Crippen LogP contribution in [0.1, 0.15) is 25.7 Å². The maximum atomic E-state index is 12.2. The summed E-state index contributed by atoms with van der Waals surface area (Å²) in [7, 11) is 0. The molecule has 1 aliphatic carbocycles. The molecule has 3 heterocycles. The number of hydrogen-bond acceptors (Lipinski definition) is 5. The summed E-state index contributed by atoms with van der Waals surface area (Å²) in [6.45, 7) is 2.43. The van der Waals surface area contributed by atoms with Crippen molar-refractivity contribution in [2.75, 3.05) is 13.1 Å². The molecule has 2 aliphatic rings. The summed E-state index contributed by atoms with van der Waals surface area (Å²) in [5.74, 6) is 1.65. The minimum Gasteiger partial charge on any atom is -0.342 e. The van der Waals surface area contributed by atoms with Crippen molar-refractivity contribution in [3.05, 3.63) is 24.5 Å². The van der Waals surface area contributed by atoms with Gasteiger partial charge in [0.15, 0.2) is 0 Å². The summed E-state index contributed by atoms with van der Waals surface area (Å²) in [6, 6.07) is 3.78. The molecular weight excluding hydrogens is 292 g/mol. The van der Waals surface area contributed by atoms with E-state index in [-0.39, 0.29) is 0 Å². The van der Waals surface area contributed by atoms with Crippen LogP contribution in [0.3, 0.4) is 0 Å². The third-order valence-corrected chi connectivity index (χ3v) is 4.55. The zero-order chi connectivity index (χ0) is 15.6. The van der Waals surface area contributed by atoms with Gasteiger partial charge in [0, 0.05) is 37.0 Å². The fraction of sp³-hybridized carbons (Fsp3) is 0.562. The molecule has 120 valence electrons. The van der Waals surface area contributed by atoms with Crippen LogP contribution >= 0.6 is 0 Å². The molecule has 2 aromatic heterocycles. The molecule has 1 saturated carbocycles. The molecule has 0 bridgehead atoms. The van der Waals surface area contributed by atoms with Gasteiger partial charge in [-0.1, -0.05) is 0 Å². The summed E-state index contributed by atoms with van der Waals surface area (Å²) in [5.41, 5.74) is 0.868. The molecular formula is C16H20N6O. The van der Waals surface area contributed by atoms with Gasteiger partial charge in [-0.15, -0.1) is 10.2 Å². The Kier molecular flexibility index (Phi) is 3.77. The Balaban J connectivity index is 1.40. The van der Waals surface area contributed by atoms with Crippen LogP contribution in [0.5, 0.6) is 0 Å². The number of rotatable bonds is 4. The third-order valence-electron chi connectivity index (χ3n) is 4.55. The summed E-state index contributed by atoms with van der Waals surface area (Å²) >= 11 is 0. The van der Waals surface area contributed by atoms with Gasteiger partial charge in [0.25, 0.3) is 0 Å². The molecule has 1 amide bonds. The predicted molar refractivity (Wildman–Crippen MR) is 83.1 cm³/mol. The minimum absolute atomic E-state index is 0.301. The molecule has 1 aliphatic heterocycles. The number of carbonyl (C=O) groups excluding carboxylic acids is 1. The van der Waals surface area contributed by atoms with E-state index in [9.17, 15) is 4.79 Å². The number of tetrazole rings is 1. The molecule has 1 saturated heterocycles. The molecule has 0 spiro atoms. The highest BCUT2D eigenvalue weighted by atomic mass is 16.2. The second-order valence-electron chi connectivity index (χ2n) is 6.48. The monoisotopic (exact) mass is 312 g/mol. The Morgan fingerprint density at radius 3 is 3.00 bits per heavy atom. The van der Waals surface area contributed by atoms with Gasteiger partial charge in [0.1, 0.15) is 0 Å². The molecule has 23 heavy (non-hydrogen) atoms. The maximum Gasteiger partial charge on any atom is 0.225 e. The fourth-order valence-corrected chi connectivity index (χ4v) is 3.16. The minimum atomic E-state index is 0.301. The first kappa shape index (κ1) is 14.3. The average Bonchev–Trinajstić information content (AvgIpc) is 3.35. The van der Waals surface area contributed by atoms with E-state index >= 15 is 0 Å². The van der Waals surface area contributed by atoms with Crippen molar-refractivity contribution in [1.82, 2.24) is 30.1 Å². The third kappa shape index (κ3) is 3.23. The first-order valence-electron chi connectivity index (χ1n) is 8.26. The number of nitrogens with zero attached hydrogens (tertiary/aromatic N) is 6. The van der Waals surface area contributed by atoms with Crippen molar-refractivity contribution in [3.8, 4) is 11.4 Å². The highest BCUT2D eigenvalue weighted by Crippen LogP contribution is 2.32. The van der Waals surface area contributed by atoms with E-state index in [1.807, 2.05) is 17.0 Å². The average molecular weight is 312 g/mol. The lowest BCUT2D eigenvalue weighted by Gasteiger charge is -2.32. The molecule has 7 heteroatoms. The van der Waals surface area contributed by atoms with Gasteiger partial charge in [-0.05, 0) is 48.9 Å². The number of pyridine rings is 1. The van der Waals surface area contributed by atoms with E-state index in [1.54, 1.807) is 17.2 Å². The van der Waals surface area contributed by atoms with Crippen molar-refractivity contribution in [1.29, 1.82) is 0 Å². The van der Waals surface area contributed by atoms with Gasteiger partial charge in [-0.3, -0.25) is 9.78 Å². The Labute approximate surface area is 134 Å². The van der Waals surface area contributed by atoms with E-state index in [2.05, 4.69) is 20.4 Å². The van der Waals surface area contributed by atoms with E-state index in [0.29, 0.717) is 30.1 Å². The van der Waals surface area contributed by atoms with Gasteiger partial charge in [0.2, 0.25) is 11.7 Å². The fourth-order valence-electron chi connectivity index (χ4n) is 3.16. The zero-order valence-corrected chi connectivity index (χ0v) is 13.0. The number of carbonyl (C=O) groups is 1. The second kappa shape index (κ2) is 6.06. The topological polar surface area (TPSA) is 76.8 Å². The number of piperidine rings is 1. The van der Waals surface area contributed by atoms with Crippen LogP contribution in [0.25, 0.3) is 11.4 Å². The lowest BCUT2D eigenvalue weighted by atomic mass is 9.98. The molecule has 1 atom stereocenters. The number of amides is 1. The first-order valence-corrected chi connectivity index (χ1v) is 8.26. The predicted octanol–water partition coefficient (Wildman–Crippen LogP) is 1.38. The molecule has 0 N–H and O–H groups in total. The van der Waals surface area contributed by atoms with Crippen LogP contribution < -0.4 is 0 Å². The first-order chi connectivity index (χ1) is 11.3. The van der Waals surface area contributed by atoms with Crippen LogP contribution in [-0.2, 0) is 11.3 Å². The molecule has 4 rings (SSSR count). The quantitative estimate of drug-likeness (QED) is 0.852. The molecule has 2 aromatic rings. The molecule has 0 unspecified atom stereocenters. The van der Waals surface area contributed by atoms with Gasteiger partial charge in [-0.25, -0.2) is 0 Å². The van der Waals surface area contributed by atoms with Gasteiger partial charge in [-0.2, -0.15) is 4.80 Å². The van der Waals surface area contributed by atoms with E-state index < -0.39 is 0 Å². The van der Waals surface area contributed by atoms with Crippen molar-refractivity contribution in [2.45, 2.75) is 32.2 Å². The number of aromatic nitrogens is 5. The zero-order valence-electron chi connectivity index (χ0n) is 13.0. The summed E-state index contributed by atoms with van der Waals surface area (Å²) < 4.78 is 0. The van der Waals surface area contributed by atoms with Crippen molar-refractivity contribution >= 4 is 5.91 Å². The Hall–Kier alpha value is -2.31. The smallest absolute Gasteiger partial charge is 0.225 e. The van der Waals surface area contributed by atoms with Crippen LogP contribution in [0, 0.1) is 11.8 Å². The normalized spacial score (nSPS) is 21.4. The maximum absolute atomic E-state index is 12.2. The Morgan fingerprint density at radius 1 is 1.30 bits per heavy atom. The van der Waals surface area contributed by atoms with Crippen LogP contribution in [0.4, 0.5) is 0 Å². The van der Waals surface area contributed by atoms with Crippen molar-refractivity contribution in [2.24, 2.45) is 11.8 Å².